The van der Waals surface area contributed by atoms with Crippen LogP contribution in [0.4, 0.5) is 0 Å². The maximum absolute atomic E-state index is 12.1. The van der Waals surface area contributed by atoms with Gasteiger partial charge in [-0.2, -0.15) is 0 Å². The molecule has 11 heteroatoms. The fraction of sp³-hybridized carbons (Fsp3) is 0.846. The van der Waals surface area contributed by atoms with Crippen molar-refractivity contribution >= 4 is 32.2 Å². The Kier molecular flexibility index (Phi) is 10.6. The quantitative estimate of drug-likeness (QED) is 0.257. The van der Waals surface area contributed by atoms with Gasteiger partial charge in [-0.15, -0.1) is 0 Å². The third-order valence-electron chi connectivity index (χ3n) is 6.41. The molecule has 1 saturated heterocycles. The molecule has 0 saturated carbocycles. The molecular weight excluding hydrogens is 500 g/mol. The first-order valence-corrected chi connectivity index (χ1v) is 14.4. The Morgan fingerprint density at radius 2 is 0.946 bits per heavy atom. The molecule has 0 aromatic rings. The number of rotatable bonds is 7. The minimum absolute atomic E-state index is 0.0434. The zero-order chi connectivity index (χ0) is 29.1. The summed E-state index contributed by atoms with van der Waals surface area (Å²) in [7, 11) is -2.73. The standard InChI is InChI=1S/C26H46O10Si/c1-15(27)32-20-19(14-31-37(24(5,6)7,25(8,9)10)26(11,12)13)36-23(35-18(4)30)22(34-17(3)29)21(20)33-16(2)28/h19-23H,14H2,1-13H3/t19?,20-,21-,22?,23-/m1/s1. The highest BCUT2D eigenvalue weighted by Gasteiger charge is 2.63. The summed E-state index contributed by atoms with van der Waals surface area (Å²) in [5.41, 5.74) is 0. The Morgan fingerprint density at radius 1 is 0.595 bits per heavy atom. The van der Waals surface area contributed by atoms with E-state index >= 15 is 0 Å². The molecule has 0 aromatic heterocycles. The van der Waals surface area contributed by atoms with Gasteiger partial charge in [0.1, 0.15) is 6.10 Å². The predicted octanol–water partition coefficient (Wildman–Crippen LogP) is 4.43. The number of hydrogen-bond donors (Lipinski definition) is 0. The van der Waals surface area contributed by atoms with Crippen LogP contribution in [0, 0.1) is 0 Å². The van der Waals surface area contributed by atoms with Crippen LogP contribution in [0.25, 0.3) is 0 Å². The minimum atomic E-state index is -2.73. The van der Waals surface area contributed by atoms with E-state index in [2.05, 4.69) is 62.3 Å². The summed E-state index contributed by atoms with van der Waals surface area (Å²) < 4.78 is 34.7. The number of hydrogen-bond acceptors (Lipinski definition) is 10. The molecule has 1 aliphatic rings. The Labute approximate surface area is 222 Å². The van der Waals surface area contributed by atoms with Crippen molar-refractivity contribution in [1.29, 1.82) is 0 Å². The van der Waals surface area contributed by atoms with Gasteiger partial charge in [-0.05, 0) is 15.1 Å². The van der Waals surface area contributed by atoms with E-state index in [1.807, 2.05) is 0 Å². The summed E-state index contributed by atoms with van der Waals surface area (Å²) in [6.45, 7) is 24.1. The van der Waals surface area contributed by atoms with Gasteiger partial charge in [0.15, 0.2) is 12.2 Å². The highest BCUT2D eigenvalue weighted by molar-refractivity contribution is 6.82. The summed E-state index contributed by atoms with van der Waals surface area (Å²) >= 11 is 0. The first-order chi connectivity index (χ1) is 16.5. The van der Waals surface area contributed by atoms with E-state index in [0.717, 1.165) is 6.92 Å². The van der Waals surface area contributed by atoms with Gasteiger partial charge >= 0.3 is 23.9 Å². The second-order valence-electron chi connectivity index (χ2n) is 12.6. The average molecular weight is 547 g/mol. The summed E-state index contributed by atoms with van der Waals surface area (Å²) in [6, 6.07) is 0. The van der Waals surface area contributed by atoms with E-state index in [1.54, 1.807) is 0 Å². The molecule has 0 radical (unpaired) electrons. The summed E-state index contributed by atoms with van der Waals surface area (Å²) in [5, 5.41) is -0.667. The van der Waals surface area contributed by atoms with E-state index in [-0.39, 0.29) is 21.7 Å². The zero-order valence-corrected chi connectivity index (χ0v) is 25.7. The van der Waals surface area contributed by atoms with Crippen LogP contribution in [0.1, 0.15) is 90.0 Å². The first-order valence-electron chi connectivity index (χ1n) is 12.5. The number of carbonyl (C=O) groups excluding carboxylic acids is 4. The molecule has 1 rings (SSSR count). The number of carbonyl (C=O) groups is 4. The lowest BCUT2D eigenvalue weighted by molar-refractivity contribution is -0.299. The molecule has 0 aromatic carbocycles. The van der Waals surface area contributed by atoms with Gasteiger partial charge in [0.05, 0.1) is 6.61 Å². The van der Waals surface area contributed by atoms with Crippen molar-refractivity contribution in [2.24, 2.45) is 0 Å². The van der Waals surface area contributed by atoms with E-state index in [1.165, 1.54) is 20.8 Å². The van der Waals surface area contributed by atoms with Gasteiger partial charge in [-0.1, -0.05) is 62.3 Å². The predicted molar refractivity (Wildman–Crippen MR) is 138 cm³/mol. The van der Waals surface area contributed by atoms with Crippen LogP contribution >= 0.6 is 0 Å². The van der Waals surface area contributed by atoms with Crippen LogP contribution in [0.5, 0.6) is 0 Å². The van der Waals surface area contributed by atoms with Gasteiger partial charge in [0.2, 0.25) is 20.7 Å². The topological polar surface area (TPSA) is 124 Å². The molecule has 10 nitrogen and oxygen atoms in total. The van der Waals surface area contributed by atoms with Gasteiger partial charge in [0.25, 0.3) is 0 Å². The molecule has 0 amide bonds. The molecule has 1 aliphatic heterocycles. The van der Waals surface area contributed by atoms with Crippen molar-refractivity contribution < 1.29 is 47.3 Å². The van der Waals surface area contributed by atoms with Crippen molar-refractivity contribution in [3.63, 3.8) is 0 Å². The van der Waals surface area contributed by atoms with Crippen molar-refractivity contribution in [1.82, 2.24) is 0 Å². The normalized spacial score (nSPS) is 25.2. The van der Waals surface area contributed by atoms with Crippen LogP contribution in [0.15, 0.2) is 0 Å². The molecule has 1 fully saturated rings. The zero-order valence-electron chi connectivity index (χ0n) is 24.7. The fourth-order valence-corrected chi connectivity index (χ4v) is 14.9. The Morgan fingerprint density at radius 3 is 1.30 bits per heavy atom. The van der Waals surface area contributed by atoms with Crippen LogP contribution in [-0.2, 0) is 47.3 Å². The molecular formula is C26H46O10Si. The first kappa shape index (κ1) is 33.0. The van der Waals surface area contributed by atoms with Crippen molar-refractivity contribution in [3.8, 4) is 0 Å². The van der Waals surface area contributed by atoms with Crippen LogP contribution in [0.2, 0.25) is 15.1 Å². The largest absolute Gasteiger partial charge is 0.456 e. The number of esters is 4. The molecule has 214 valence electrons. The SMILES string of the molecule is CC(=O)OC1[C@H](OC(C)=O)OC(CO[Si](C(C)(C)C)(C(C)(C)C)C(C)(C)C)[C@@H](OC(C)=O)[C@H]1OC(C)=O. The van der Waals surface area contributed by atoms with Crippen LogP contribution in [0.3, 0.4) is 0 Å². The summed E-state index contributed by atoms with van der Waals surface area (Å²) in [4.78, 5) is 47.9. The highest BCUT2D eigenvalue weighted by Crippen LogP contribution is 2.62. The smallest absolute Gasteiger partial charge is 0.305 e. The second kappa shape index (κ2) is 11.8. The lowest BCUT2D eigenvalue weighted by Gasteiger charge is -2.58. The third-order valence-corrected chi connectivity index (χ3v) is 13.3. The van der Waals surface area contributed by atoms with Crippen LogP contribution < -0.4 is 0 Å². The Bertz CT molecular complexity index is 813. The second-order valence-corrected chi connectivity index (χ2v) is 18.8. The van der Waals surface area contributed by atoms with Crippen molar-refractivity contribution in [2.75, 3.05) is 6.61 Å². The van der Waals surface area contributed by atoms with E-state index in [4.69, 9.17) is 28.1 Å². The average Bonchev–Trinajstić information content (AvgIpc) is 2.62. The van der Waals surface area contributed by atoms with Crippen molar-refractivity contribution in [3.05, 3.63) is 0 Å². The van der Waals surface area contributed by atoms with E-state index in [0.29, 0.717) is 0 Å². The Balaban J connectivity index is 3.66. The van der Waals surface area contributed by atoms with Gasteiger partial charge in [0, 0.05) is 27.7 Å². The maximum Gasteiger partial charge on any atom is 0.305 e. The van der Waals surface area contributed by atoms with E-state index in [9.17, 15) is 19.2 Å². The summed E-state index contributed by atoms with van der Waals surface area (Å²) in [6.07, 6.45) is -6.26. The maximum atomic E-state index is 12.1. The third kappa shape index (κ3) is 7.76. The minimum Gasteiger partial charge on any atom is -0.456 e. The monoisotopic (exact) mass is 546 g/mol. The van der Waals surface area contributed by atoms with Crippen molar-refractivity contribution in [2.45, 2.75) is 136 Å². The van der Waals surface area contributed by atoms with Crippen LogP contribution in [-0.4, -0.2) is 69.5 Å². The van der Waals surface area contributed by atoms with Gasteiger partial charge in [-0.25, -0.2) is 0 Å². The Hall–Kier alpha value is -1.98. The lowest BCUT2D eigenvalue weighted by atomic mass is 9.98. The highest BCUT2D eigenvalue weighted by atomic mass is 28.4. The molecule has 0 aliphatic carbocycles. The molecule has 5 atom stereocenters. The molecule has 37 heavy (non-hydrogen) atoms. The molecule has 1 heterocycles. The molecule has 0 spiro atoms. The molecule has 2 unspecified atom stereocenters. The summed E-state index contributed by atoms with van der Waals surface area (Å²) in [5.74, 6) is -2.78. The fourth-order valence-electron chi connectivity index (χ4n) is 6.48. The van der Waals surface area contributed by atoms with E-state index < -0.39 is 62.9 Å². The number of ether oxygens (including phenoxy) is 5. The van der Waals surface area contributed by atoms with Gasteiger partial charge in [-0.3, -0.25) is 19.2 Å². The molecule has 0 bridgehead atoms. The lowest BCUT2D eigenvalue weighted by Crippen LogP contribution is -2.65. The molecule has 0 N–H and O–H groups in total. The van der Waals surface area contributed by atoms with Gasteiger partial charge < -0.3 is 28.1 Å².